The predicted octanol–water partition coefficient (Wildman–Crippen LogP) is 5.02. The number of benzene rings is 1. The van der Waals surface area contributed by atoms with Crippen LogP contribution >= 0.6 is 0 Å². The molecule has 0 heterocycles. The molecule has 1 saturated carbocycles. The molecule has 0 bridgehead atoms. The normalized spacial score (nSPS) is 31.4. The second-order valence-corrected chi connectivity index (χ2v) is 8.82. The van der Waals surface area contributed by atoms with Crippen LogP contribution in [0, 0.1) is 11.3 Å². The first kappa shape index (κ1) is 18.2. The maximum atomic E-state index is 13.0. The van der Waals surface area contributed by atoms with Crippen molar-refractivity contribution in [1.29, 1.82) is 0 Å². The van der Waals surface area contributed by atoms with Gasteiger partial charge in [-0.05, 0) is 52.7 Å². The smallest absolute Gasteiger partial charge is 0.306 e. The largest absolute Gasteiger partial charge is 0.469 e. The molecule has 0 aromatic heterocycles. The predicted molar refractivity (Wildman–Crippen MR) is 98.9 cm³/mol. The minimum Gasteiger partial charge on any atom is -0.469 e. The highest BCUT2D eigenvalue weighted by Gasteiger charge is 2.54. The third-order valence-corrected chi connectivity index (χ3v) is 6.85. The molecule has 1 fully saturated rings. The van der Waals surface area contributed by atoms with Crippen LogP contribution in [0.2, 0.25) is 0 Å². The fourth-order valence-electron chi connectivity index (χ4n) is 5.33. The maximum Gasteiger partial charge on any atom is 0.306 e. The molecule has 2 aliphatic carbocycles. The van der Waals surface area contributed by atoms with E-state index in [0.29, 0.717) is 18.8 Å². The first-order chi connectivity index (χ1) is 11.7. The Morgan fingerprint density at radius 1 is 1.28 bits per heavy atom. The fourth-order valence-corrected chi connectivity index (χ4v) is 5.33. The van der Waals surface area contributed by atoms with Gasteiger partial charge in [-0.25, -0.2) is 0 Å². The zero-order valence-electron chi connectivity index (χ0n) is 16.1. The van der Waals surface area contributed by atoms with Gasteiger partial charge in [0.1, 0.15) is 0 Å². The summed E-state index contributed by atoms with van der Waals surface area (Å²) in [6.07, 6.45) is 4.08. The van der Waals surface area contributed by atoms with E-state index >= 15 is 0 Å². The van der Waals surface area contributed by atoms with E-state index in [9.17, 15) is 9.59 Å². The second kappa shape index (κ2) is 6.26. The Hall–Kier alpha value is -1.64. The van der Waals surface area contributed by atoms with Crippen molar-refractivity contribution in [3.8, 4) is 0 Å². The van der Waals surface area contributed by atoms with Gasteiger partial charge in [0.05, 0.1) is 13.5 Å². The van der Waals surface area contributed by atoms with Crippen LogP contribution < -0.4 is 0 Å². The van der Waals surface area contributed by atoms with Crippen molar-refractivity contribution in [1.82, 2.24) is 0 Å². The number of rotatable bonds is 3. The maximum absolute atomic E-state index is 13.0. The number of carbonyl (C=O) groups excluding carboxylic acids is 2. The van der Waals surface area contributed by atoms with Gasteiger partial charge in [-0.1, -0.05) is 46.2 Å². The standard InChI is InChI=1S/C22H30O3/c1-14(2)15-7-8-17-16(11-15)18(23)12-19-21(3,13-20(24)25-5)9-6-10-22(17,19)4/h7-8,11,14,19H,6,9-10,12-13H2,1-5H3/t19?,21-,22-/m1/s1. The molecule has 0 aliphatic heterocycles. The number of methoxy groups -OCH3 is 1. The minimum atomic E-state index is -0.176. The molecule has 25 heavy (non-hydrogen) atoms. The molecule has 3 atom stereocenters. The first-order valence-corrected chi connectivity index (χ1v) is 9.46. The second-order valence-electron chi connectivity index (χ2n) is 8.82. The number of hydrogen-bond acceptors (Lipinski definition) is 3. The highest BCUT2D eigenvalue weighted by atomic mass is 16.5. The third kappa shape index (κ3) is 2.92. The highest BCUT2D eigenvalue weighted by Crippen LogP contribution is 2.58. The summed E-state index contributed by atoms with van der Waals surface area (Å²) in [7, 11) is 1.45. The monoisotopic (exact) mass is 342 g/mol. The van der Waals surface area contributed by atoms with Crippen molar-refractivity contribution < 1.29 is 14.3 Å². The third-order valence-electron chi connectivity index (χ3n) is 6.85. The average Bonchev–Trinajstić information content (AvgIpc) is 2.56. The van der Waals surface area contributed by atoms with Crippen molar-refractivity contribution in [3.63, 3.8) is 0 Å². The van der Waals surface area contributed by atoms with Crippen LogP contribution in [0.1, 0.15) is 87.2 Å². The Morgan fingerprint density at radius 3 is 2.64 bits per heavy atom. The first-order valence-electron chi connectivity index (χ1n) is 9.46. The molecular formula is C22H30O3. The number of fused-ring (bicyclic) bond motifs is 3. The highest BCUT2D eigenvalue weighted by molar-refractivity contribution is 5.99. The number of hydrogen-bond donors (Lipinski definition) is 0. The summed E-state index contributed by atoms with van der Waals surface area (Å²) in [5.41, 5.74) is 3.10. The van der Waals surface area contributed by atoms with Crippen LogP contribution in [0.25, 0.3) is 0 Å². The van der Waals surface area contributed by atoms with Crippen LogP contribution in [0.4, 0.5) is 0 Å². The van der Waals surface area contributed by atoms with Crippen molar-refractivity contribution in [2.45, 2.75) is 71.1 Å². The molecule has 3 nitrogen and oxygen atoms in total. The molecule has 3 heteroatoms. The summed E-state index contributed by atoms with van der Waals surface area (Å²) < 4.78 is 4.95. The van der Waals surface area contributed by atoms with Gasteiger partial charge in [-0.15, -0.1) is 0 Å². The zero-order chi connectivity index (χ0) is 18.4. The Balaban J connectivity index is 2.06. The van der Waals surface area contributed by atoms with Gasteiger partial charge in [-0.2, -0.15) is 0 Å². The average molecular weight is 342 g/mol. The lowest BCUT2D eigenvalue weighted by atomic mass is 9.49. The van der Waals surface area contributed by atoms with Gasteiger partial charge in [-0.3, -0.25) is 9.59 Å². The number of Topliss-reactive ketones (excluding diaryl/α,β-unsaturated/α-hetero) is 1. The Bertz CT molecular complexity index is 705. The molecule has 0 saturated heterocycles. The minimum absolute atomic E-state index is 0.0419. The molecule has 2 aliphatic rings. The van der Waals surface area contributed by atoms with E-state index in [4.69, 9.17) is 4.74 Å². The summed E-state index contributed by atoms with van der Waals surface area (Å²) in [4.78, 5) is 25.0. The van der Waals surface area contributed by atoms with Crippen LogP contribution in [0.3, 0.4) is 0 Å². The number of ketones is 1. The van der Waals surface area contributed by atoms with E-state index in [-0.39, 0.29) is 28.5 Å². The van der Waals surface area contributed by atoms with Gasteiger partial charge in [0.2, 0.25) is 0 Å². The Labute approximate surface area is 151 Å². The molecule has 0 radical (unpaired) electrons. The SMILES string of the molecule is COC(=O)C[C@@]1(C)CCC[C@]2(C)c3ccc(C(C)C)cc3C(=O)CC12. The molecule has 1 aromatic carbocycles. The van der Waals surface area contributed by atoms with E-state index < -0.39 is 0 Å². The van der Waals surface area contributed by atoms with Crippen molar-refractivity contribution in [2.24, 2.45) is 11.3 Å². The fraction of sp³-hybridized carbons (Fsp3) is 0.636. The van der Waals surface area contributed by atoms with Crippen molar-refractivity contribution in [2.75, 3.05) is 7.11 Å². The Morgan fingerprint density at radius 2 is 2.00 bits per heavy atom. The van der Waals surface area contributed by atoms with Gasteiger partial charge in [0.25, 0.3) is 0 Å². The van der Waals surface area contributed by atoms with Crippen LogP contribution in [-0.4, -0.2) is 18.9 Å². The summed E-state index contributed by atoms with van der Waals surface area (Å²) in [5.74, 6) is 0.676. The molecule has 1 unspecified atom stereocenters. The lowest BCUT2D eigenvalue weighted by Gasteiger charge is -2.54. The van der Waals surface area contributed by atoms with Gasteiger partial charge < -0.3 is 4.74 Å². The topological polar surface area (TPSA) is 43.4 Å². The number of ether oxygens (including phenoxy) is 1. The van der Waals surface area contributed by atoms with E-state index in [1.165, 1.54) is 18.2 Å². The van der Waals surface area contributed by atoms with Gasteiger partial charge in [0.15, 0.2) is 5.78 Å². The lowest BCUT2D eigenvalue weighted by Crippen LogP contribution is -2.51. The lowest BCUT2D eigenvalue weighted by molar-refractivity contribution is -0.145. The van der Waals surface area contributed by atoms with Crippen LogP contribution in [0.5, 0.6) is 0 Å². The van der Waals surface area contributed by atoms with E-state index in [2.05, 4.69) is 45.9 Å². The van der Waals surface area contributed by atoms with Crippen molar-refractivity contribution in [3.05, 3.63) is 34.9 Å². The molecule has 3 rings (SSSR count). The molecule has 0 amide bonds. The van der Waals surface area contributed by atoms with Crippen LogP contribution in [-0.2, 0) is 14.9 Å². The van der Waals surface area contributed by atoms with Gasteiger partial charge in [0, 0.05) is 12.0 Å². The van der Waals surface area contributed by atoms with E-state index in [1.807, 2.05) is 0 Å². The van der Waals surface area contributed by atoms with E-state index in [0.717, 1.165) is 24.8 Å². The number of esters is 1. The summed E-state index contributed by atoms with van der Waals surface area (Å²) in [5, 5.41) is 0. The number of carbonyl (C=O) groups is 2. The summed E-state index contributed by atoms with van der Waals surface area (Å²) in [6, 6.07) is 6.46. The van der Waals surface area contributed by atoms with E-state index in [1.54, 1.807) is 0 Å². The molecule has 1 aromatic rings. The molecule has 0 spiro atoms. The molecular weight excluding hydrogens is 312 g/mol. The van der Waals surface area contributed by atoms with Crippen molar-refractivity contribution >= 4 is 11.8 Å². The zero-order valence-corrected chi connectivity index (χ0v) is 16.1. The molecule has 136 valence electrons. The summed E-state index contributed by atoms with van der Waals surface area (Å²) in [6.45, 7) is 8.79. The van der Waals surface area contributed by atoms with Gasteiger partial charge >= 0.3 is 5.97 Å². The molecule has 0 N–H and O–H groups in total. The Kier molecular flexibility index (Phi) is 4.55. The quantitative estimate of drug-likeness (QED) is 0.724. The summed E-state index contributed by atoms with van der Waals surface area (Å²) >= 11 is 0. The van der Waals surface area contributed by atoms with Crippen LogP contribution in [0.15, 0.2) is 18.2 Å².